The molecular weight excluding hydrogens is 502 g/mol. The van der Waals surface area contributed by atoms with Gasteiger partial charge in [0, 0.05) is 22.6 Å². The highest BCUT2D eigenvalue weighted by molar-refractivity contribution is 7.98. The van der Waals surface area contributed by atoms with E-state index in [4.69, 9.17) is 10.7 Å². The Labute approximate surface area is 212 Å². The standard InChI is InChI=1S/C26H18F2N4O2S2/c1-13-6-7-14(15-10-11-36-23(15)24(29)34)12-17(13)21-16-8-9-20(33)32(25(16)31-26(30-21)35-2)22-18(27)4-3-5-19(22)28/h3-12H,1-2H3,(H2,29,34). The van der Waals surface area contributed by atoms with E-state index >= 15 is 0 Å². The highest BCUT2D eigenvalue weighted by Crippen LogP contribution is 2.36. The van der Waals surface area contributed by atoms with Gasteiger partial charge in [-0.3, -0.25) is 14.2 Å². The topological polar surface area (TPSA) is 90.9 Å². The average molecular weight is 521 g/mol. The maximum Gasteiger partial charge on any atom is 0.259 e. The van der Waals surface area contributed by atoms with Crippen LogP contribution in [0.2, 0.25) is 0 Å². The van der Waals surface area contributed by atoms with Crippen LogP contribution in [0, 0.1) is 18.6 Å². The smallest absolute Gasteiger partial charge is 0.259 e. The molecule has 0 saturated carbocycles. The van der Waals surface area contributed by atoms with Crippen molar-refractivity contribution < 1.29 is 13.6 Å². The molecule has 5 aromatic rings. The number of carbonyl (C=O) groups is 1. The molecule has 0 fully saturated rings. The van der Waals surface area contributed by atoms with Gasteiger partial charge in [-0.1, -0.05) is 30.0 Å². The quantitative estimate of drug-likeness (QED) is 0.241. The van der Waals surface area contributed by atoms with Crippen LogP contribution in [0.3, 0.4) is 0 Å². The molecule has 10 heteroatoms. The lowest BCUT2D eigenvalue weighted by Crippen LogP contribution is -2.21. The molecule has 0 radical (unpaired) electrons. The number of pyridine rings is 1. The summed E-state index contributed by atoms with van der Waals surface area (Å²) in [6, 6.07) is 13.7. The number of primary amides is 1. The number of benzene rings is 2. The number of thiophene rings is 1. The normalized spacial score (nSPS) is 11.2. The second-order valence-corrected chi connectivity index (χ2v) is 9.62. The molecule has 2 aromatic carbocycles. The molecule has 1 amide bonds. The largest absolute Gasteiger partial charge is 0.365 e. The number of aryl methyl sites for hydroxylation is 1. The number of aromatic nitrogens is 3. The van der Waals surface area contributed by atoms with Crippen molar-refractivity contribution in [3.05, 3.63) is 92.4 Å². The minimum atomic E-state index is -0.884. The molecule has 0 aliphatic rings. The number of rotatable bonds is 5. The van der Waals surface area contributed by atoms with E-state index in [9.17, 15) is 18.4 Å². The molecule has 0 aliphatic carbocycles. The first kappa shape index (κ1) is 23.8. The summed E-state index contributed by atoms with van der Waals surface area (Å²) in [5.74, 6) is -2.29. The number of hydrogen-bond donors (Lipinski definition) is 1. The summed E-state index contributed by atoms with van der Waals surface area (Å²) < 4.78 is 30.4. The minimum Gasteiger partial charge on any atom is -0.365 e. The summed E-state index contributed by atoms with van der Waals surface area (Å²) in [5.41, 5.74) is 8.05. The molecule has 0 unspecified atom stereocenters. The molecule has 0 saturated heterocycles. The zero-order valence-corrected chi connectivity index (χ0v) is 20.7. The lowest BCUT2D eigenvalue weighted by Gasteiger charge is -2.16. The molecule has 0 aliphatic heterocycles. The Kier molecular flexibility index (Phi) is 6.15. The van der Waals surface area contributed by atoms with Crippen LogP contribution in [0.1, 0.15) is 15.2 Å². The van der Waals surface area contributed by atoms with Crippen molar-refractivity contribution in [2.75, 3.05) is 6.26 Å². The summed E-state index contributed by atoms with van der Waals surface area (Å²) in [7, 11) is 0. The van der Waals surface area contributed by atoms with Gasteiger partial charge in [0.25, 0.3) is 11.5 Å². The van der Waals surface area contributed by atoms with Gasteiger partial charge in [-0.15, -0.1) is 11.3 Å². The first-order valence-electron chi connectivity index (χ1n) is 10.7. The van der Waals surface area contributed by atoms with Gasteiger partial charge in [0.15, 0.2) is 10.8 Å². The van der Waals surface area contributed by atoms with Crippen molar-refractivity contribution in [3.8, 4) is 28.1 Å². The number of nitrogens with two attached hydrogens (primary N) is 1. The fourth-order valence-corrected chi connectivity index (χ4v) is 5.21. The molecule has 180 valence electrons. The minimum absolute atomic E-state index is 0.0824. The van der Waals surface area contributed by atoms with Gasteiger partial charge in [-0.25, -0.2) is 18.7 Å². The predicted octanol–water partition coefficient (Wildman–Crippen LogP) is 5.58. The second kappa shape index (κ2) is 9.29. The fraction of sp³-hybridized carbons (Fsp3) is 0.0769. The van der Waals surface area contributed by atoms with Crippen molar-refractivity contribution in [3.63, 3.8) is 0 Å². The van der Waals surface area contributed by atoms with Crippen molar-refractivity contribution >= 4 is 40.0 Å². The predicted molar refractivity (Wildman–Crippen MR) is 139 cm³/mol. The van der Waals surface area contributed by atoms with E-state index in [-0.39, 0.29) is 5.65 Å². The third-order valence-electron chi connectivity index (χ3n) is 5.77. The maximum absolute atomic E-state index is 14.7. The van der Waals surface area contributed by atoms with Crippen LogP contribution in [-0.4, -0.2) is 26.7 Å². The van der Waals surface area contributed by atoms with Crippen molar-refractivity contribution in [1.82, 2.24) is 14.5 Å². The van der Waals surface area contributed by atoms with E-state index in [0.717, 1.165) is 33.4 Å². The monoisotopic (exact) mass is 520 g/mol. The van der Waals surface area contributed by atoms with E-state index in [1.165, 1.54) is 35.2 Å². The van der Waals surface area contributed by atoms with Crippen LogP contribution in [0.4, 0.5) is 8.78 Å². The summed E-state index contributed by atoms with van der Waals surface area (Å²) in [4.78, 5) is 34.4. The highest BCUT2D eigenvalue weighted by Gasteiger charge is 2.21. The van der Waals surface area contributed by atoms with Crippen LogP contribution in [0.25, 0.3) is 39.1 Å². The molecule has 3 aromatic heterocycles. The Morgan fingerprint density at radius 2 is 1.78 bits per heavy atom. The number of carbonyl (C=O) groups excluding carboxylic acids is 1. The second-order valence-electron chi connectivity index (χ2n) is 7.93. The SMILES string of the molecule is CSc1nc(-c2cc(-c3ccsc3C(N)=O)ccc2C)c2ccc(=O)n(-c3c(F)cccc3F)c2n1. The van der Waals surface area contributed by atoms with Crippen molar-refractivity contribution in [2.45, 2.75) is 12.1 Å². The van der Waals surface area contributed by atoms with Gasteiger partial charge < -0.3 is 5.73 Å². The fourth-order valence-electron chi connectivity index (χ4n) is 4.08. The molecule has 5 rings (SSSR count). The zero-order chi connectivity index (χ0) is 25.6. The lowest BCUT2D eigenvalue weighted by molar-refractivity contribution is 0.100. The zero-order valence-electron chi connectivity index (χ0n) is 19.1. The van der Waals surface area contributed by atoms with Gasteiger partial charge in [-0.2, -0.15) is 0 Å². The summed E-state index contributed by atoms with van der Waals surface area (Å²) in [6.45, 7) is 1.90. The maximum atomic E-state index is 14.7. The van der Waals surface area contributed by atoms with Crippen LogP contribution < -0.4 is 11.3 Å². The van der Waals surface area contributed by atoms with Crippen molar-refractivity contribution in [1.29, 1.82) is 0 Å². The molecular formula is C26H18F2N4O2S2. The summed E-state index contributed by atoms with van der Waals surface area (Å²) >= 11 is 2.50. The van der Waals surface area contributed by atoms with Gasteiger partial charge >= 0.3 is 0 Å². The first-order valence-corrected chi connectivity index (χ1v) is 12.8. The van der Waals surface area contributed by atoms with Crippen molar-refractivity contribution in [2.24, 2.45) is 5.73 Å². The van der Waals surface area contributed by atoms with Gasteiger partial charge in [0.05, 0.1) is 10.6 Å². The van der Waals surface area contributed by atoms with E-state index < -0.39 is 28.8 Å². The first-order chi connectivity index (χ1) is 17.3. The van der Waals surface area contributed by atoms with E-state index in [0.29, 0.717) is 26.7 Å². The van der Waals surface area contributed by atoms with Crippen LogP contribution in [0.5, 0.6) is 0 Å². The van der Waals surface area contributed by atoms with Crippen LogP contribution >= 0.6 is 23.1 Å². The van der Waals surface area contributed by atoms with Gasteiger partial charge in [-0.05, 0) is 60.0 Å². The summed E-state index contributed by atoms with van der Waals surface area (Å²) in [6.07, 6.45) is 1.77. The molecule has 3 heterocycles. The number of thioether (sulfide) groups is 1. The Morgan fingerprint density at radius 3 is 2.47 bits per heavy atom. The Balaban J connectivity index is 1.84. The Bertz CT molecular complexity index is 1710. The molecule has 36 heavy (non-hydrogen) atoms. The number of halogens is 2. The Hall–Kier alpha value is -3.89. The number of amides is 1. The Morgan fingerprint density at radius 1 is 1.03 bits per heavy atom. The molecule has 6 nitrogen and oxygen atoms in total. The van der Waals surface area contributed by atoms with Crippen LogP contribution in [-0.2, 0) is 0 Å². The molecule has 0 bridgehead atoms. The lowest BCUT2D eigenvalue weighted by atomic mass is 9.96. The number of hydrogen-bond acceptors (Lipinski definition) is 6. The van der Waals surface area contributed by atoms with Crippen LogP contribution in [0.15, 0.2) is 69.9 Å². The number of para-hydroxylation sites is 1. The van der Waals surface area contributed by atoms with Gasteiger partial charge in [0.2, 0.25) is 0 Å². The third kappa shape index (κ3) is 3.98. The van der Waals surface area contributed by atoms with E-state index in [1.54, 1.807) is 17.7 Å². The molecule has 0 atom stereocenters. The van der Waals surface area contributed by atoms with Gasteiger partial charge in [0.1, 0.15) is 17.3 Å². The number of nitrogens with zero attached hydrogens (tertiary/aromatic N) is 3. The number of fused-ring (bicyclic) bond motifs is 1. The van der Waals surface area contributed by atoms with E-state index in [2.05, 4.69) is 4.98 Å². The molecule has 0 spiro atoms. The third-order valence-corrected chi connectivity index (χ3v) is 7.24. The van der Waals surface area contributed by atoms with E-state index in [1.807, 2.05) is 31.2 Å². The molecule has 2 N–H and O–H groups in total. The average Bonchev–Trinajstić information content (AvgIpc) is 3.35. The summed E-state index contributed by atoms with van der Waals surface area (Å²) in [5, 5.41) is 2.56. The highest BCUT2D eigenvalue weighted by atomic mass is 32.2.